The zero-order valence-electron chi connectivity index (χ0n) is 14.1. The van der Waals surface area contributed by atoms with Gasteiger partial charge in [-0.3, -0.25) is 5.43 Å². The molecule has 0 atom stereocenters. The van der Waals surface area contributed by atoms with Crippen molar-refractivity contribution >= 4 is 28.3 Å². The van der Waals surface area contributed by atoms with Crippen molar-refractivity contribution in [2.75, 3.05) is 12.9 Å². The summed E-state index contributed by atoms with van der Waals surface area (Å²) in [5.41, 5.74) is 7.37. The Hall–Kier alpha value is -2.27. The zero-order valence-corrected chi connectivity index (χ0v) is 14.9. The van der Waals surface area contributed by atoms with Gasteiger partial charge in [-0.1, -0.05) is 49.9 Å². The van der Waals surface area contributed by atoms with Gasteiger partial charge in [0, 0.05) is 11.3 Å². The van der Waals surface area contributed by atoms with Crippen molar-refractivity contribution in [3.8, 4) is 5.75 Å². The third-order valence-corrected chi connectivity index (χ3v) is 4.70. The molecule has 1 N–H and O–H groups in total. The van der Waals surface area contributed by atoms with E-state index in [0.29, 0.717) is 5.92 Å². The van der Waals surface area contributed by atoms with Crippen LogP contribution in [0.3, 0.4) is 0 Å². The van der Waals surface area contributed by atoms with Crippen molar-refractivity contribution in [3.63, 3.8) is 0 Å². The molecule has 0 saturated carbocycles. The summed E-state index contributed by atoms with van der Waals surface area (Å²) in [4.78, 5) is 4.62. The van der Waals surface area contributed by atoms with Gasteiger partial charge >= 0.3 is 0 Å². The lowest BCUT2D eigenvalue weighted by molar-refractivity contribution is 0.414. The molecule has 1 aliphatic heterocycles. The summed E-state index contributed by atoms with van der Waals surface area (Å²) < 4.78 is 5.27. The number of hydrazone groups is 1. The minimum Gasteiger partial charge on any atom is -0.497 e. The summed E-state index contributed by atoms with van der Waals surface area (Å²) in [7, 11) is 1.67. The van der Waals surface area contributed by atoms with Gasteiger partial charge in [-0.2, -0.15) is 5.10 Å². The number of aliphatic imine (C=N–C) groups is 1. The van der Waals surface area contributed by atoms with Crippen LogP contribution in [0.5, 0.6) is 5.75 Å². The fourth-order valence-electron chi connectivity index (χ4n) is 2.38. The highest BCUT2D eigenvalue weighted by Gasteiger charge is 2.13. The van der Waals surface area contributed by atoms with E-state index in [1.165, 1.54) is 5.56 Å². The molecular formula is C19H21N3OS. The van der Waals surface area contributed by atoms with Crippen LogP contribution in [0.1, 0.15) is 30.9 Å². The van der Waals surface area contributed by atoms with Crippen molar-refractivity contribution in [1.82, 2.24) is 5.43 Å². The van der Waals surface area contributed by atoms with E-state index in [4.69, 9.17) is 4.74 Å². The van der Waals surface area contributed by atoms with Crippen LogP contribution < -0.4 is 10.2 Å². The first-order chi connectivity index (χ1) is 11.7. The number of nitrogens with zero attached hydrogens (tertiary/aromatic N) is 2. The van der Waals surface area contributed by atoms with E-state index in [0.717, 1.165) is 33.6 Å². The van der Waals surface area contributed by atoms with Gasteiger partial charge in [0.2, 0.25) is 0 Å². The summed E-state index contributed by atoms with van der Waals surface area (Å²) in [6, 6.07) is 16.3. The second-order valence-electron chi connectivity index (χ2n) is 5.85. The fourth-order valence-corrected chi connectivity index (χ4v) is 3.16. The molecule has 0 aromatic heterocycles. The van der Waals surface area contributed by atoms with Crippen LogP contribution in [0.2, 0.25) is 0 Å². The number of benzene rings is 2. The lowest BCUT2D eigenvalue weighted by Gasteiger charge is -2.15. The van der Waals surface area contributed by atoms with Crippen molar-refractivity contribution in [2.45, 2.75) is 19.8 Å². The van der Waals surface area contributed by atoms with Gasteiger partial charge in [0.1, 0.15) is 5.75 Å². The average Bonchev–Trinajstić information content (AvgIpc) is 2.63. The fraction of sp³-hybridized carbons (Fsp3) is 0.263. The Morgan fingerprint density at radius 2 is 1.96 bits per heavy atom. The molecule has 1 heterocycles. The van der Waals surface area contributed by atoms with Crippen LogP contribution in [0.15, 0.2) is 58.6 Å². The van der Waals surface area contributed by atoms with Gasteiger partial charge in [0.05, 0.1) is 18.5 Å². The predicted molar refractivity (Wildman–Crippen MR) is 103 cm³/mol. The summed E-state index contributed by atoms with van der Waals surface area (Å²) in [5.74, 6) is 2.15. The first-order valence-electron chi connectivity index (χ1n) is 7.94. The first-order valence-corrected chi connectivity index (χ1v) is 8.92. The monoisotopic (exact) mass is 339 g/mol. The summed E-state index contributed by atoms with van der Waals surface area (Å²) in [6.07, 6.45) is 0. The van der Waals surface area contributed by atoms with Crippen molar-refractivity contribution < 1.29 is 4.74 Å². The smallest absolute Gasteiger partial charge is 0.182 e. The molecule has 0 amide bonds. The molecule has 0 unspecified atom stereocenters. The number of ether oxygens (including phenoxy) is 1. The lowest BCUT2D eigenvalue weighted by atomic mass is 10.0. The van der Waals surface area contributed by atoms with Crippen molar-refractivity contribution in [3.05, 3.63) is 59.7 Å². The van der Waals surface area contributed by atoms with Crippen LogP contribution >= 0.6 is 11.8 Å². The number of hydrogen-bond donors (Lipinski definition) is 1. The topological polar surface area (TPSA) is 46.0 Å². The number of hydrogen-bond acceptors (Lipinski definition) is 4. The summed E-state index contributed by atoms with van der Waals surface area (Å²) >= 11 is 1.65. The molecule has 0 aliphatic carbocycles. The molecule has 0 spiro atoms. The standard InChI is InChI=1S/C19H21N3OS/c1-13(2)14-7-9-16(10-8-14)20-19-22-21-18(12-24-19)15-5-4-6-17(11-15)23-3/h4-11,13H,12H2,1-3H3,(H,20,22). The van der Waals surface area contributed by atoms with Gasteiger partial charge in [0.15, 0.2) is 5.17 Å². The number of thioether (sulfide) groups is 1. The Morgan fingerprint density at radius 3 is 2.58 bits per heavy atom. The lowest BCUT2D eigenvalue weighted by Crippen LogP contribution is -2.25. The maximum atomic E-state index is 5.27. The van der Waals surface area contributed by atoms with Crippen LogP contribution in [0.25, 0.3) is 0 Å². The molecular weight excluding hydrogens is 318 g/mol. The van der Waals surface area contributed by atoms with E-state index >= 15 is 0 Å². The molecule has 0 bridgehead atoms. The maximum absolute atomic E-state index is 5.27. The third kappa shape index (κ3) is 3.97. The SMILES string of the molecule is COc1cccc(C2=NNC(=Nc3ccc(C(C)C)cc3)SC2)c1. The largest absolute Gasteiger partial charge is 0.497 e. The molecule has 2 aromatic carbocycles. The van der Waals surface area contributed by atoms with E-state index in [2.05, 4.69) is 41.5 Å². The first kappa shape index (κ1) is 16.6. The summed E-state index contributed by atoms with van der Waals surface area (Å²) in [5, 5.41) is 5.28. The van der Waals surface area contributed by atoms with Gasteiger partial charge in [-0.15, -0.1) is 0 Å². The molecule has 4 nitrogen and oxygen atoms in total. The minimum absolute atomic E-state index is 0.531. The minimum atomic E-state index is 0.531. The van der Waals surface area contributed by atoms with E-state index in [-0.39, 0.29) is 0 Å². The predicted octanol–water partition coefficient (Wildman–Crippen LogP) is 4.55. The highest BCUT2D eigenvalue weighted by Crippen LogP contribution is 2.22. The molecule has 1 aliphatic rings. The molecule has 0 saturated heterocycles. The van der Waals surface area contributed by atoms with Gasteiger partial charge < -0.3 is 4.74 Å². The number of rotatable bonds is 4. The number of methoxy groups -OCH3 is 1. The Morgan fingerprint density at radius 1 is 1.17 bits per heavy atom. The Kier molecular flexibility index (Phi) is 5.20. The van der Waals surface area contributed by atoms with Crippen LogP contribution in [-0.4, -0.2) is 23.7 Å². The van der Waals surface area contributed by atoms with E-state index in [1.807, 2.05) is 36.4 Å². The number of nitrogens with one attached hydrogen (secondary N) is 1. The highest BCUT2D eigenvalue weighted by molar-refractivity contribution is 8.14. The van der Waals surface area contributed by atoms with Crippen LogP contribution in [-0.2, 0) is 0 Å². The molecule has 24 heavy (non-hydrogen) atoms. The molecule has 124 valence electrons. The second kappa shape index (κ2) is 7.53. The molecule has 3 rings (SSSR count). The van der Waals surface area contributed by atoms with Gasteiger partial charge in [0.25, 0.3) is 0 Å². The van der Waals surface area contributed by atoms with E-state index in [1.54, 1.807) is 18.9 Å². The Bertz CT molecular complexity index is 766. The van der Waals surface area contributed by atoms with Crippen LogP contribution in [0, 0.1) is 0 Å². The van der Waals surface area contributed by atoms with Crippen molar-refractivity contribution in [1.29, 1.82) is 0 Å². The quantitative estimate of drug-likeness (QED) is 0.889. The summed E-state index contributed by atoms with van der Waals surface area (Å²) in [6.45, 7) is 4.38. The Labute approximate surface area is 147 Å². The highest BCUT2D eigenvalue weighted by atomic mass is 32.2. The maximum Gasteiger partial charge on any atom is 0.182 e. The normalized spacial score (nSPS) is 16.0. The molecule has 5 heteroatoms. The number of amidine groups is 1. The Balaban J connectivity index is 1.72. The average molecular weight is 339 g/mol. The van der Waals surface area contributed by atoms with Crippen molar-refractivity contribution in [2.24, 2.45) is 10.1 Å². The molecule has 0 radical (unpaired) electrons. The molecule has 0 fully saturated rings. The van der Waals surface area contributed by atoms with Gasteiger partial charge in [-0.05, 0) is 35.7 Å². The third-order valence-electron chi connectivity index (χ3n) is 3.83. The van der Waals surface area contributed by atoms with E-state index < -0.39 is 0 Å². The zero-order chi connectivity index (χ0) is 16.9. The van der Waals surface area contributed by atoms with Crippen LogP contribution in [0.4, 0.5) is 5.69 Å². The molecule has 2 aromatic rings. The second-order valence-corrected chi connectivity index (χ2v) is 6.82. The van der Waals surface area contributed by atoms with E-state index in [9.17, 15) is 0 Å². The van der Waals surface area contributed by atoms with Gasteiger partial charge in [-0.25, -0.2) is 4.99 Å².